The maximum absolute atomic E-state index is 10.5. The Morgan fingerprint density at radius 3 is 2.74 bits per heavy atom. The van der Waals surface area contributed by atoms with Crippen LogP contribution in [0.1, 0.15) is 44.2 Å². The monoisotopic (exact) mass is 310 g/mol. The lowest BCUT2D eigenvalue weighted by Crippen LogP contribution is -2.48. The molecule has 0 amide bonds. The van der Waals surface area contributed by atoms with Gasteiger partial charge >= 0.3 is 0 Å². The maximum atomic E-state index is 10.5. The van der Waals surface area contributed by atoms with E-state index in [1.54, 1.807) is 7.11 Å². The van der Waals surface area contributed by atoms with E-state index in [-0.39, 0.29) is 16.9 Å². The van der Waals surface area contributed by atoms with Crippen LogP contribution in [0.3, 0.4) is 0 Å². The second-order valence-corrected chi connectivity index (χ2v) is 8.77. The first-order valence-electron chi connectivity index (χ1n) is 9.00. The largest absolute Gasteiger partial charge is 0.497 e. The Kier molecular flexibility index (Phi) is 2.47. The summed E-state index contributed by atoms with van der Waals surface area (Å²) in [6.45, 7) is 4.82. The minimum Gasteiger partial charge on any atom is -0.497 e. The first-order valence-corrected chi connectivity index (χ1v) is 9.00. The van der Waals surface area contributed by atoms with Gasteiger partial charge in [-0.1, -0.05) is 32.1 Å². The van der Waals surface area contributed by atoms with Crippen molar-refractivity contribution >= 4 is 0 Å². The summed E-state index contributed by atoms with van der Waals surface area (Å²) in [4.78, 5) is 0. The van der Waals surface area contributed by atoms with Crippen molar-refractivity contribution in [2.24, 2.45) is 22.7 Å². The highest BCUT2D eigenvalue weighted by molar-refractivity contribution is 5.49. The average molecular weight is 310 g/mol. The van der Waals surface area contributed by atoms with Gasteiger partial charge in [-0.2, -0.15) is 0 Å². The number of aliphatic hydroxyl groups is 1. The van der Waals surface area contributed by atoms with Crippen molar-refractivity contribution in [1.29, 1.82) is 0 Å². The number of ether oxygens (including phenoxy) is 1. The van der Waals surface area contributed by atoms with Gasteiger partial charge in [-0.25, -0.2) is 0 Å². The highest BCUT2D eigenvalue weighted by Crippen LogP contribution is 2.80. The number of aryl methyl sites for hydroxylation is 1. The van der Waals surface area contributed by atoms with E-state index in [4.69, 9.17) is 4.74 Å². The molecule has 0 saturated heterocycles. The zero-order valence-corrected chi connectivity index (χ0v) is 14.3. The van der Waals surface area contributed by atoms with Crippen molar-refractivity contribution in [2.75, 3.05) is 7.11 Å². The van der Waals surface area contributed by atoms with Crippen LogP contribution in [0.25, 0.3) is 0 Å². The molecule has 2 saturated carbocycles. The van der Waals surface area contributed by atoms with Crippen LogP contribution in [0.15, 0.2) is 30.4 Å². The summed E-state index contributed by atoms with van der Waals surface area (Å²) in [5, 5.41) is 10.5. The topological polar surface area (TPSA) is 29.5 Å². The molecule has 2 fully saturated rings. The molecule has 1 aromatic carbocycles. The molecule has 2 heteroatoms. The molecule has 5 rings (SSSR count). The predicted molar refractivity (Wildman–Crippen MR) is 90.6 cm³/mol. The smallest absolute Gasteiger partial charge is 0.119 e. The molecule has 0 radical (unpaired) electrons. The molecule has 23 heavy (non-hydrogen) atoms. The zero-order chi connectivity index (χ0) is 16.0. The Balaban J connectivity index is 1.67. The van der Waals surface area contributed by atoms with Crippen LogP contribution in [0.4, 0.5) is 0 Å². The average Bonchev–Trinajstić information content (AvgIpc) is 3.24. The van der Waals surface area contributed by atoms with Crippen LogP contribution in [0, 0.1) is 22.7 Å². The third kappa shape index (κ3) is 1.45. The van der Waals surface area contributed by atoms with E-state index in [9.17, 15) is 5.11 Å². The summed E-state index contributed by atoms with van der Waals surface area (Å²) in [5.74, 6) is 2.16. The third-order valence-electron chi connectivity index (χ3n) is 7.96. The van der Waals surface area contributed by atoms with Gasteiger partial charge in [0.1, 0.15) is 5.75 Å². The highest BCUT2D eigenvalue weighted by Gasteiger charge is 2.77. The lowest BCUT2D eigenvalue weighted by Gasteiger charge is -2.53. The Morgan fingerprint density at radius 1 is 1.17 bits per heavy atom. The van der Waals surface area contributed by atoms with Crippen molar-refractivity contribution in [3.63, 3.8) is 0 Å². The van der Waals surface area contributed by atoms with Crippen LogP contribution < -0.4 is 4.74 Å². The summed E-state index contributed by atoms with van der Waals surface area (Å²) in [5.41, 5.74) is 3.58. The Morgan fingerprint density at radius 2 is 2.00 bits per heavy atom. The van der Waals surface area contributed by atoms with E-state index >= 15 is 0 Å². The fourth-order valence-corrected chi connectivity index (χ4v) is 6.80. The van der Waals surface area contributed by atoms with Gasteiger partial charge in [-0.05, 0) is 71.6 Å². The van der Waals surface area contributed by atoms with Crippen molar-refractivity contribution in [3.05, 3.63) is 41.5 Å². The van der Waals surface area contributed by atoms with E-state index in [1.165, 1.54) is 24.0 Å². The zero-order valence-electron chi connectivity index (χ0n) is 14.3. The highest BCUT2D eigenvalue weighted by atomic mass is 16.5. The van der Waals surface area contributed by atoms with Gasteiger partial charge in [0.15, 0.2) is 0 Å². The van der Waals surface area contributed by atoms with Crippen molar-refractivity contribution in [2.45, 2.75) is 51.0 Å². The van der Waals surface area contributed by atoms with Gasteiger partial charge in [0.25, 0.3) is 0 Å². The van der Waals surface area contributed by atoms with Gasteiger partial charge in [0.05, 0.1) is 13.2 Å². The summed E-state index contributed by atoms with van der Waals surface area (Å²) < 4.78 is 5.43. The van der Waals surface area contributed by atoms with Gasteiger partial charge < -0.3 is 9.84 Å². The maximum Gasteiger partial charge on any atom is 0.119 e. The van der Waals surface area contributed by atoms with E-state index < -0.39 is 0 Å². The molecule has 0 unspecified atom stereocenters. The first kappa shape index (κ1) is 14.1. The molecule has 0 aliphatic heterocycles. The van der Waals surface area contributed by atoms with Crippen molar-refractivity contribution in [3.8, 4) is 5.75 Å². The molecule has 4 aliphatic rings. The van der Waals surface area contributed by atoms with Gasteiger partial charge in [0.2, 0.25) is 0 Å². The number of benzene rings is 1. The number of methoxy groups -OCH3 is 1. The Labute approximate surface area is 138 Å². The quantitative estimate of drug-likeness (QED) is 0.798. The molecular weight excluding hydrogens is 284 g/mol. The molecular formula is C21H26O2. The summed E-state index contributed by atoms with van der Waals surface area (Å²) in [6.07, 6.45) is 9.39. The molecule has 122 valence electrons. The third-order valence-corrected chi connectivity index (χ3v) is 7.96. The second-order valence-electron chi connectivity index (χ2n) is 8.77. The molecule has 0 heterocycles. The van der Waals surface area contributed by atoms with E-state index in [0.29, 0.717) is 17.3 Å². The van der Waals surface area contributed by atoms with Crippen molar-refractivity contribution in [1.82, 2.24) is 0 Å². The molecule has 0 bridgehead atoms. The van der Waals surface area contributed by atoms with E-state index in [1.807, 2.05) is 0 Å². The lowest BCUT2D eigenvalue weighted by atomic mass is 9.50. The molecule has 1 aromatic rings. The first-order chi connectivity index (χ1) is 10.9. The summed E-state index contributed by atoms with van der Waals surface area (Å²) in [6, 6.07) is 6.62. The van der Waals surface area contributed by atoms with Gasteiger partial charge in [-0.15, -0.1) is 0 Å². The number of fused-ring (bicyclic) bond motifs is 3. The fraction of sp³-hybridized carbons (Fsp3) is 0.619. The number of hydrogen-bond acceptors (Lipinski definition) is 2. The predicted octanol–water partition coefficient (Wildman–Crippen LogP) is 3.86. The standard InChI is InChI=1S/C21H26O2/c1-19-8-9-20(2)15-6-5-14(23-3)10-13(15)4-7-18(20)21(19)11-16(21)17(22)12-19/h5-6,8-10,16-18,22H,4,7,11-12H2,1-3H3/t16-,17-,18+,19+,20-,21-/m0/s1. The van der Waals surface area contributed by atoms with E-state index in [0.717, 1.165) is 18.6 Å². The minimum atomic E-state index is -0.0933. The van der Waals surface area contributed by atoms with Crippen molar-refractivity contribution < 1.29 is 9.84 Å². The lowest BCUT2D eigenvalue weighted by molar-refractivity contribution is 0.0742. The Bertz CT molecular complexity index is 723. The van der Waals surface area contributed by atoms with Gasteiger partial charge in [0, 0.05) is 5.41 Å². The number of hydrogen-bond donors (Lipinski definition) is 1. The van der Waals surface area contributed by atoms with Crippen LogP contribution in [-0.2, 0) is 11.8 Å². The SMILES string of the molecule is COc1ccc2c(c1)CC[C@H]1[C@]34C[C@H]3[C@@H](O)C[C@@]4(C)C=C[C@@]21C. The van der Waals surface area contributed by atoms with Crippen LogP contribution in [0.2, 0.25) is 0 Å². The number of allylic oxidation sites excluding steroid dienone is 2. The number of rotatable bonds is 1. The molecule has 2 nitrogen and oxygen atoms in total. The Hall–Kier alpha value is -1.28. The van der Waals surface area contributed by atoms with Gasteiger partial charge in [-0.3, -0.25) is 0 Å². The second kappa shape index (κ2) is 4.03. The minimum absolute atomic E-state index is 0.0933. The van der Waals surface area contributed by atoms with Crippen LogP contribution >= 0.6 is 0 Å². The number of aliphatic hydroxyl groups excluding tert-OH is 1. The molecule has 1 N–H and O–H groups in total. The summed E-state index contributed by atoms with van der Waals surface area (Å²) in [7, 11) is 1.74. The molecule has 4 aliphatic carbocycles. The normalized spacial score (nSPS) is 49.0. The summed E-state index contributed by atoms with van der Waals surface area (Å²) >= 11 is 0. The van der Waals surface area contributed by atoms with Crippen LogP contribution in [0.5, 0.6) is 5.75 Å². The fourth-order valence-electron chi connectivity index (χ4n) is 6.80. The molecule has 1 spiro atoms. The van der Waals surface area contributed by atoms with E-state index in [2.05, 4.69) is 44.2 Å². The van der Waals surface area contributed by atoms with Crippen LogP contribution in [-0.4, -0.2) is 18.3 Å². The molecule has 6 atom stereocenters. The molecule has 0 aromatic heterocycles.